The molecule has 0 heterocycles. The van der Waals surface area contributed by atoms with E-state index in [1.165, 1.54) is 57.9 Å². The maximum Gasteiger partial charge on any atom is 0.000746 e. The van der Waals surface area contributed by atoms with Crippen LogP contribution in [-0.4, -0.2) is 13.6 Å². The third-order valence-corrected chi connectivity index (χ3v) is 4.35. The second kappa shape index (κ2) is 4.00. The Kier molecular flexibility index (Phi) is 2.92. The van der Waals surface area contributed by atoms with E-state index in [2.05, 4.69) is 12.4 Å². The second-order valence-corrected chi connectivity index (χ2v) is 5.08. The highest BCUT2D eigenvalue weighted by molar-refractivity contribution is 4.95. The first kappa shape index (κ1) is 9.51. The lowest BCUT2D eigenvalue weighted by Gasteiger charge is -2.49. The minimum Gasteiger partial charge on any atom is -0.319 e. The van der Waals surface area contributed by atoms with Crippen molar-refractivity contribution in [3.05, 3.63) is 0 Å². The number of rotatable bonds is 3. The van der Waals surface area contributed by atoms with Crippen molar-refractivity contribution in [3.63, 3.8) is 0 Å². The van der Waals surface area contributed by atoms with Crippen LogP contribution in [0.15, 0.2) is 0 Å². The van der Waals surface area contributed by atoms with E-state index >= 15 is 0 Å². The Morgan fingerprint density at radius 2 is 1.77 bits per heavy atom. The molecule has 2 aliphatic carbocycles. The summed E-state index contributed by atoms with van der Waals surface area (Å²) in [5.41, 5.74) is 0.731. The molecule has 1 heteroatoms. The first-order valence-electron chi connectivity index (χ1n) is 6.02. The standard InChI is InChI=1S/C12H23N/c1-13-10-12(8-5-9-12)11-6-3-2-4-7-11/h11,13H,2-10H2,1H3. The van der Waals surface area contributed by atoms with Gasteiger partial charge in [0, 0.05) is 6.54 Å². The lowest BCUT2D eigenvalue weighted by molar-refractivity contribution is 0.0281. The molecule has 0 aromatic heterocycles. The first-order valence-corrected chi connectivity index (χ1v) is 6.02. The SMILES string of the molecule is CNCC1(C2CCCCC2)CCC1. The van der Waals surface area contributed by atoms with Gasteiger partial charge in [-0.15, -0.1) is 0 Å². The molecule has 76 valence electrons. The largest absolute Gasteiger partial charge is 0.319 e. The lowest BCUT2D eigenvalue weighted by atomic mass is 9.57. The van der Waals surface area contributed by atoms with Crippen molar-refractivity contribution >= 4 is 0 Å². The molecule has 0 aromatic rings. The first-order chi connectivity index (χ1) is 6.37. The fourth-order valence-electron chi connectivity index (χ4n) is 3.43. The van der Waals surface area contributed by atoms with Gasteiger partial charge in [-0.3, -0.25) is 0 Å². The van der Waals surface area contributed by atoms with E-state index in [9.17, 15) is 0 Å². The van der Waals surface area contributed by atoms with Gasteiger partial charge < -0.3 is 5.32 Å². The molecule has 2 fully saturated rings. The normalized spacial score (nSPS) is 28.4. The molecule has 0 saturated heterocycles. The maximum atomic E-state index is 3.41. The van der Waals surface area contributed by atoms with Gasteiger partial charge in [-0.05, 0) is 44.1 Å². The molecule has 0 bridgehead atoms. The molecule has 1 N–H and O–H groups in total. The van der Waals surface area contributed by atoms with Crippen LogP contribution < -0.4 is 5.32 Å². The van der Waals surface area contributed by atoms with Crippen LogP contribution in [0.3, 0.4) is 0 Å². The van der Waals surface area contributed by atoms with E-state index in [-0.39, 0.29) is 0 Å². The van der Waals surface area contributed by atoms with E-state index in [1.807, 2.05) is 0 Å². The summed E-state index contributed by atoms with van der Waals surface area (Å²) in [7, 11) is 2.11. The fraction of sp³-hybridized carbons (Fsp3) is 1.00. The van der Waals surface area contributed by atoms with E-state index in [0.717, 1.165) is 11.3 Å². The predicted molar refractivity (Wildman–Crippen MR) is 56.8 cm³/mol. The molecule has 0 radical (unpaired) electrons. The third kappa shape index (κ3) is 1.76. The summed E-state index contributed by atoms with van der Waals surface area (Å²) in [6.07, 6.45) is 12.0. The molecule has 0 amide bonds. The smallest absolute Gasteiger partial charge is 0.000746 e. The number of nitrogens with one attached hydrogen (secondary N) is 1. The van der Waals surface area contributed by atoms with Gasteiger partial charge in [0.25, 0.3) is 0 Å². The van der Waals surface area contributed by atoms with Crippen molar-refractivity contribution in [1.29, 1.82) is 0 Å². The topological polar surface area (TPSA) is 12.0 Å². The maximum absolute atomic E-state index is 3.41. The van der Waals surface area contributed by atoms with Gasteiger partial charge in [-0.25, -0.2) is 0 Å². The van der Waals surface area contributed by atoms with Gasteiger partial charge in [0.1, 0.15) is 0 Å². The van der Waals surface area contributed by atoms with Gasteiger partial charge in [0.2, 0.25) is 0 Å². The monoisotopic (exact) mass is 181 g/mol. The summed E-state index contributed by atoms with van der Waals surface area (Å²) in [5, 5.41) is 3.41. The molecular weight excluding hydrogens is 158 g/mol. The summed E-state index contributed by atoms with van der Waals surface area (Å²) in [6, 6.07) is 0. The van der Waals surface area contributed by atoms with Crippen molar-refractivity contribution in [1.82, 2.24) is 5.32 Å². The Labute approximate surface area is 82.3 Å². The summed E-state index contributed by atoms with van der Waals surface area (Å²) in [4.78, 5) is 0. The quantitative estimate of drug-likeness (QED) is 0.706. The minimum absolute atomic E-state index is 0.731. The Hall–Kier alpha value is -0.0400. The van der Waals surface area contributed by atoms with E-state index in [4.69, 9.17) is 0 Å². The van der Waals surface area contributed by atoms with Gasteiger partial charge in [-0.1, -0.05) is 25.7 Å². The molecule has 0 unspecified atom stereocenters. The molecular formula is C12H23N. The highest BCUT2D eigenvalue weighted by Gasteiger charge is 2.43. The minimum atomic E-state index is 0.731. The molecule has 2 rings (SSSR count). The van der Waals surface area contributed by atoms with Gasteiger partial charge >= 0.3 is 0 Å². The molecule has 0 atom stereocenters. The zero-order chi connectivity index (χ0) is 9.15. The van der Waals surface area contributed by atoms with E-state index < -0.39 is 0 Å². The zero-order valence-corrected chi connectivity index (χ0v) is 8.94. The second-order valence-electron chi connectivity index (χ2n) is 5.08. The summed E-state index contributed by atoms with van der Waals surface area (Å²) in [5.74, 6) is 1.06. The average molecular weight is 181 g/mol. The molecule has 0 spiro atoms. The molecule has 0 aliphatic heterocycles. The van der Waals surface area contributed by atoms with Crippen molar-refractivity contribution in [3.8, 4) is 0 Å². The van der Waals surface area contributed by atoms with Crippen LogP contribution >= 0.6 is 0 Å². The third-order valence-electron chi connectivity index (χ3n) is 4.35. The van der Waals surface area contributed by atoms with E-state index in [0.29, 0.717) is 0 Å². The van der Waals surface area contributed by atoms with Gasteiger partial charge in [0.15, 0.2) is 0 Å². The van der Waals surface area contributed by atoms with Crippen molar-refractivity contribution in [2.45, 2.75) is 51.4 Å². The van der Waals surface area contributed by atoms with Crippen LogP contribution in [0.4, 0.5) is 0 Å². The predicted octanol–water partition coefficient (Wildman–Crippen LogP) is 2.96. The highest BCUT2D eigenvalue weighted by Crippen LogP contribution is 2.51. The van der Waals surface area contributed by atoms with Crippen LogP contribution in [0.5, 0.6) is 0 Å². The average Bonchev–Trinajstić information content (AvgIpc) is 2.13. The summed E-state index contributed by atoms with van der Waals surface area (Å²) in [6.45, 7) is 1.28. The Bertz CT molecular complexity index is 155. The summed E-state index contributed by atoms with van der Waals surface area (Å²) >= 11 is 0. The number of hydrogen-bond acceptors (Lipinski definition) is 1. The highest BCUT2D eigenvalue weighted by atomic mass is 14.8. The molecule has 2 saturated carbocycles. The number of hydrogen-bond donors (Lipinski definition) is 1. The zero-order valence-electron chi connectivity index (χ0n) is 8.94. The Balaban J connectivity index is 1.93. The van der Waals surface area contributed by atoms with Gasteiger partial charge in [-0.2, -0.15) is 0 Å². The fourth-order valence-corrected chi connectivity index (χ4v) is 3.43. The molecule has 1 nitrogen and oxygen atoms in total. The van der Waals surface area contributed by atoms with Crippen LogP contribution in [-0.2, 0) is 0 Å². The van der Waals surface area contributed by atoms with E-state index in [1.54, 1.807) is 0 Å². The van der Waals surface area contributed by atoms with Crippen LogP contribution in [0.2, 0.25) is 0 Å². The molecule has 13 heavy (non-hydrogen) atoms. The van der Waals surface area contributed by atoms with Crippen LogP contribution in [0.1, 0.15) is 51.4 Å². The summed E-state index contributed by atoms with van der Waals surface area (Å²) < 4.78 is 0. The van der Waals surface area contributed by atoms with Gasteiger partial charge in [0.05, 0.1) is 0 Å². The van der Waals surface area contributed by atoms with Crippen LogP contribution in [0, 0.1) is 11.3 Å². The van der Waals surface area contributed by atoms with Crippen molar-refractivity contribution in [2.24, 2.45) is 11.3 Å². The molecule has 0 aromatic carbocycles. The van der Waals surface area contributed by atoms with Crippen molar-refractivity contribution in [2.75, 3.05) is 13.6 Å². The molecule has 2 aliphatic rings. The van der Waals surface area contributed by atoms with Crippen molar-refractivity contribution < 1.29 is 0 Å². The Morgan fingerprint density at radius 3 is 2.23 bits per heavy atom. The van der Waals surface area contributed by atoms with Crippen LogP contribution in [0.25, 0.3) is 0 Å². The lowest BCUT2D eigenvalue weighted by Crippen LogP contribution is -2.45. The Morgan fingerprint density at radius 1 is 1.08 bits per heavy atom.